The van der Waals surface area contributed by atoms with Crippen molar-refractivity contribution in [3.05, 3.63) is 41.5 Å². The standard InChI is InChI=1S/C18H21F3N4O/c1-12-5-3-7-17(22-12)26-11-14-6-4-8-25(10-14)16-9-15(18(19,20)21)23-13(2)24-16/h3,5,7,9,14H,4,6,8,10-11H2,1-2H3. The Hall–Kier alpha value is -2.38. The lowest BCUT2D eigenvalue weighted by Gasteiger charge is -2.33. The quantitative estimate of drug-likeness (QED) is 0.824. The summed E-state index contributed by atoms with van der Waals surface area (Å²) in [6.07, 6.45) is -2.64. The molecule has 0 amide bonds. The van der Waals surface area contributed by atoms with Crippen LogP contribution < -0.4 is 9.64 Å². The van der Waals surface area contributed by atoms with Crippen LogP contribution in [0.2, 0.25) is 0 Å². The molecule has 26 heavy (non-hydrogen) atoms. The van der Waals surface area contributed by atoms with Crippen LogP contribution in [0.5, 0.6) is 5.88 Å². The highest BCUT2D eigenvalue weighted by molar-refractivity contribution is 5.41. The summed E-state index contributed by atoms with van der Waals surface area (Å²) in [6.45, 7) is 5.12. The van der Waals surface area contributed by atoms with Crippen LogP contribution in [0.25, 0.3) is 0 Å². The number of pyridine rings is 1. The normalized spacial score (nSPS) is 18.0. The predicted octanol–water partition coefficient (Wildman–Crippen LogP) is 3.80. The van der Waals surface area contributed by atoms with E-state index in [4.69, 9.17) is 4.74 Å². The van der Waals surface area contributed by atoms with Crippen molar-refractivity contribution < 1.29 is 17.9 Å². The molecule has 0 aromatic carbocycles. The molecule has 1 aliphatic rings. The van der Waals surface area contributed by atoms with Crippen LogP contribution >= 0.6 is 0 Å². The Labute approximate surface area is 150 Å². The molecule has 1 aliphatic heterocycles. The van der Waals surface area contributed by atoms with Gasteiger partial charge in [0.05, 0.1) is 6.61 Å². The number of aromatic nitrogens is 3. The predicted molar refractivity (Wildman–Crippen MR) is 91.2 cm³/mol. The van der Waals surface area contributed by atoms with Gasteiger partial charge in [-0.2, -0.15) is 13.2 Å². The number of halogens is 3. The van der Waals surface area contributed by atoms with Crippen molar-refractivity contribution in [3.8, 4) is 5.88 Å². The summed E-state index contributed by atoms with van der Waals surface area (Å²) in [6, 6.07) is 6.60. The van der Waals surface area contributed by atoms with E-state index < -0.39 is 11.9 Å². The lowest BCUT2D eigenvalue weighted by molar-refractivity contribution is -0.141. The number of anilines is 1. The summed E-state index contributed by atoms with van der Waals surface area (Å²) < 4.78 is 44.8. The van der Waals surface area contributed by atoms with Crippen molar-refractivity contribution in [3.63, 3.8) is 0 Å². The Balaban J connectivity index is 1.67. The molecule has 0 saturated carbocycles. The minimum atomic E-state index is -4.47. The van der Waals surface area contributed by atoms with Crippen molar-refractivity contribution in [2.45, 2.75) is 32.9 Å². The van der Waals surface area contributed by atoms with Crippen molar-refractivity contribution in [1.29, 1.82) is 0 Å². The van der Waals surface area contributed by atoms with E-state index in [0.29, 0.717) is 31.4 Å². The highest BCUT2D eigenvalue weighted by Crippen LogP contribution is 2.31. The molecular formula is C18H21F3N4O. The minimum absolute atomic E-state index is 0.122. The van der Waals surface area contributed by atoms with Gasteiger partial charge in [-0.15, -0.1) is 0 Å². The fourth-order valence-corrected chi connectivity index (χ4v) is 3.07. The van der Waals surface area contributed by atoms with Crippen LogP contribution in [0.15, 0.2) is 24.3 Å². The fraction of sp³-hybridized carbons (Fsp3) is 0.500. The highest BCUT2D eigenvalue weighted by atomic mass is 19.4. The first-order chi connectivity index (χ1) is 12.3. The van der Waals surface area contributed by atoms with E-state index in [2.05, 4.69) is 15.0 Å². The first-order valence-electron chi connectivity index (χ1n) is 8.55. The maximum atomic E-state index is 13.0. The molecule has 1 atom stereocenters. The van der Waals surface area contributed by atoms with Gasteiger partial charge in [-0.3, -0.25) is 0 Å². The van der Waals surface area contributed by atoms with Crippen molar-refractivity contribution in [2.75, 3.05) is 24.6 Å². The van der Waals surface area contributed by atoms with Gasteiger partial charge in [-0.05, 0) is 32.8 Å². The Morgan fingerprint density at radius 1 is 1.19 bits per heavy atom. The van der Waals surface area contributed by atoms with Crippen molar-refractivity contribution >= 4 is 5.82 Å². The second-order valence-corrected chi connectivity index (χ2v) is 6.54. The number of hydrogen-bond donors (Lipinski definition) is 0. The Kier molecular flexibility index (Phi) is 5.29. The lowest BCUT2D eigenvalue weighted by atomic mass is 9.99. The Bertz CT molecular complexity index is 766. The summed E-state index contributed by atoms with van der Waals surface area (Å²) in [7, 11) is 0. The van der Waals surface area contributed by atoms with Gasteiger partial charge >= 0.3 is 6.18 Å². The summed E-state index contributed by atoms with van der Waals surface area (Å²) in [5.74, 6) is 1.22. The van der Waals surface area contributed by atoms with Crippen molar-refractivity contribution in [2.24, 2.45) is 5.92 Å². The summed E-state index contributed by atoms with van der Waals surface area (Å²) in [5.41, 5.74) is -0.0220. The molecule has 0 radical (unpaired) electrons. The average molecular weight is 366 g/mol. The smallest absolute Gasteiger partial charge is 0.433 e. The molecule has 0 N–H and O–H groups in total. The minimum Gasteiger partial charge on any atom is -0.477 e. The van der Waals surface area contributed by atoms with Crippen LogP contribution in [-0.2, 0) is 6.18 Å². The molecule has 0 spiro atoms. The summed E-state index contributed by atoms with van der Waals surface area (Å²) in [5, 5.41) is 0. The average Bonchev–Trinajstić information content (AvgIpc) is 2.59. The second kappa shape index (κ2) is 7.47. The molecule has 1 unspecified atom stereocenters. The van der Waals surface area contributed by atoms with Gasteiger partial charge in [0.15, 0.2) is 0 Å². The van der Waals surface area contributed by atoms with E-state index in [9.17, 15) is 13.2 Å². The fourth-order valence-electron chi connectivity index (χ4n) is 3.07. The maximum Gasteiger partial charge on any atom is 0.433 e. The van der Waals surface area contributed by atoms with Gasteiger partial charge in [0.2, 0.25) is 5.88 Å². The molecule has 2 aromatic heterocycles. The first kappa shape index (κ1) is 18.4. The SMILES string of the molecule is Cc1cccc(OCC2CCCN(c3cc(C(F)(F)F)nc(C)n3)C2)n1. The molecule has 3 rings (SSSR count). The van der Waals surface area contributed by atoms with Gasteiger partial charge in [-0.1, -0.05) is 6.07 Å². The Morgan fingerprint density at radius 2 is 2.00 bits per heavy atom. The van der Waals surface area contributed by atoms with Gasteiger partial charge in [0, 0.05) is 36.8 Å². The zero-order valence-electron chi connectivity index (χ0n) is 14.8. The number of aryl methyl sites for hydroxylation is 2. The topological polar surface area (TPSA) is 51.1 Å². The molecule has 1 saturated heterocycles. The van der Waals surface area contributed by atoms with E-state index in [1.807, 2.05) is 24.0 Å². The monoisotopic (exact) mass is 366 g/mol. The van der Waals surface area contributed by atoms with Crippen LogP contribution in [0.3, 0.4) is 0 Å². The number of ether oxygens (including phenoxy) is 1. The van der Waals surface area contributed by atoms with E-state index in [1.165, 1.54) is 6.92 Å². The first-order valence-corrected chi connectivity index (χ1v) is 8.55. The summed E-state index contributed by atoms with van der Waals surface area (Å²) in [4.78, 5) is 13.9. The van der Waals surface area contributed by atoms with E-state index in [-0.39, 0.29) is 11.7 Å². The van der Waals surface area contributed by atoms with Crippen LogP contribution in [-0.4, -0.2) is 34.6 Å². The molecule has 5 nitrogen and oxygen atoms in total. The molecule has 0 aliphatic carbocycles. The van der Waals surface area contributed by atoms with Gasteiger partial charge < -0.3 is 9.64 Å². The van der Waals surface area contributed by atoms with Gasteiger partial charge in [0.1, 0.15) is 17.3 Å². The van der Waals surface area contributed by atoms with Gasteiger partial charge in [-0.25, -0.2) is 15.0 Å². The number of hydrogen-bond acceptors (Lipinski definition) is 5. The molecule has 2 aromatic rings. The second-order valence-electron chi connectivity index (χ2n) is 6.54. The van der Waals surface area contributed by atoms with E-state index in [0.717, 1.165) is 24.6 Å². The molecule has 1 fully saturated rings. The largest absolute Gasteiger partial charge is 0.477 e. The number of alkyl halides is 3. The van der Waals surface area contributed by atoms with E-state index >= 15 is 0 Å². The summed E-state index contributed by atoms with van der Waals surface area (Å²) >= 11 is 0. The zero-order chi connectivity index (χ0) is 18.7. The molecule has 8 heteroatoms. The Morgan fingerprint density at radius 3 is 2.73 bits per heavy atom. The maximum absolute atomic E-state index is 13.0. The third kappa shape index (κ3) is 4.62. The molecule has 0 bridgehead atoms. The number of piperidine rings is 1. The molecule has 3 heterocycles. The molecular weight excluding hydrogens is 345 g/mol. The van der Waals surface area contributed by atoms with Crippen molar-refractivity contribution in [1.82, 2.24) is 15.0 Å². The number of rotatable bonds is 4. The number of nitrogens with zero attached hydrogens (tertiary/aromatic N) is 4. The highest BCUT2D eigenvalue weighted by Gasteiger charge is 2.34. The third-order valence-electron chi connectivity index (χ3n) is 4.29. The molecule has 140 valence electrons. The van der Waals surface area contributed by atoms with Gasteiger partial charge in [0.25, 0.3) is 0 Å². The zero-order valence-corrected chi connectivity index (χ0v) is 14.8. The third-order valence-corrected chi connectivity index (χ3v) is 4.29. The van der Waals surface area contributed by atoms with Crippen LogP contribution in [0.1, 0.15) is 30.1 Å². The lowest BCUT2D eigenvalue weighted by Crippen LogP contribution is -2.38. The van der Waals surface area contributed by atoms with Crippen LogP contribution in [0.4, 0.5) is 19.0 Å². The van der Waals surface area contributed by atoms with Crippen LogP contribution in [0, 0.1) is 19.8 Å². The van der Waals surface area contributed by atoms with E-state index in [1.54, 1.807) is 6.07 Å².